The van der Waals surface area contributed by atoms with E-state index in [2.05, 4.69) is 168 Å². The molecule has 1 unspecified atom stereocenters. The number of nitrogens with zero attached hydrogens (tertiary/aromatic N) is 1. The van der Waals surface area contributed by atoms with Crippen LogP contribution in [0.15, 0.2) is 126 Å². The van der Waals surface area contributed by atoms with Crippen LogP contribution in [0.2, 0.25) is 10.1 Å². The smallest absolute Gasteiger partial charge is 0.261 e. The van der Waals surface area contributed by atoms with Gasteiger partial charge in [0.2, 0.25) is 0 Å². The normalized spacial score (nSPS) is 21.8. The van der Waals surface area contributed by atoms with Crippen LogP contribution in [0.3, 0.4) is 0 Å². The summed E-state index contributed by atoms with van der Waals surface area (Å²) >= 11 is 0. The molecule has 0 saturated heterocycles. The zero-order chi connectivity index (χ0) is 39.8. The van der Waals surface area contributed by atoms with Gasteiger partial charge in [-0.15, -0.1) is 0 Å². The fraction of sp³-hybridized carbons (Fsp3) is 0.479. The Morgan fingerprint density at radius 3 is 1.48 bits per heavy atom. The number of aliphatic hydroxyl groups excluding tert-OH is 1. The van der Waals surface area contributed by atoms with Crippen molar-refractivity contribution in [3.63, 3.8) is 0 Å². The van der Waals surface area contributed by atoms with Crippen LogP contribution < -0.4 is 26.5 Å². The number of hydrogen-bond acceptors (Lipinski definition) is 6. The van der Waals surface area contributed by atoms with Gasteiger partial charge in [-0.05, 0) is 69.3 Å². The lowest BCUT2D eigenvalue weighted by Crippen LogP contribution is -2.66. The van der Waals surface area contributed by atoms with Crippen LogP contribution in [0.1, 0.15) is 92.9 Å². The molecule has 4 aromatic rings. The van der Waals surface area contributed by atoms with E-state index < -0.39 is 16.6 Å². The van der Waals surface area contributed by atoms with Gasteiger partial charge in [-0.1, -0.05) is 174 Å². The fourth-order valence-electron chi connectivity index (χ4n) is 9.73. The van der Waals surface area contributed by atoms with Crippen molar-refractivity contribution >= 4 is 43.1 Å². The van der Waals surface area contributed by atoms with Gasteiger partial charge in [-0.25, -0.2) is 0 Å². The highest BCUT2D eigenvalue weighted by molar-refractivity contribution is 7.00. The first-order chi connectivity index (χ1) is 26.9. The first-order valence-electron chi connectivity index (χ1n) is 21.0. The number of fused-ring (bicyclic) bond motifs is 1. The number of hydrogen-bond donors (Lipinski definition) is 2. The van der Waals surface area contributed by atoms with Crippen LogP contribution in [-0.2, 0) is 13.7 Å². The molecule has 2 saturated carbocycles. The lowest BCUT2D eigenvalue weighted by molar-refractivity contribution is 0.0746. The quantitative estimate of drug-likeness (QED) is 0.134. The van der Waals surface area contributed by atoms with Crippen LogP contribution in [0.5, 0.6) is 0 Å². The minimum Gasteiger partial charge on any atom is -0.407 e. The van der Waals surface area contributed by atoms with Crippen LogP contribution in [0.25, 0.3) is 0 Å². The summed E-state index contributed by atoms with van der Waals surface area (Å²) in [5.41, 5.74) is 7.67. The Bertz CT molecular complexity index is 1730. The van der Waals surface area contributed by atoms with E-state index in [0.29, 0.717) is 25.2 Å². The molecule has 5 atom stereocenters. The second-order valence-electron chi connectivity index (χ2n) is 18.2. The zero-order valence-corrected chi connectivity index (χ0v) is 36.7. The first kappa shape index (κ1) is 42.2. The van der Waals surface area contributed by atoms with Gasteiger partial charge in [0.15, 0.2) is 0 Å². The Kier molecular flexibility index (Phi) is 13.9. The van der Waals surface area contributed by atoms with Crippen LogP contribution >= 0.6 is 0 Å². The minimum atomic E-state index is -2.49. The van der Waals surface area contributed by atoms with E-state index in [1.165, 1.54) is 39.3 Å². The van der Waals surface area contributed by atoms with Crippen molar-refractivity contribution in [1.82, 2.24) is 0 Å². The molecule has 6 nitrogen and oxygen atoms in total. The third-order valence-electron chi connectivity index (χ3n) is 12.5. The van der Waals surface area contributed by atoms with Crippen molar-refractivity contribution < 1.29 is 18.8 Å². The molecule has 7 rings (SSSR count). The van der Waals surface area contributed by atoms with E-state index in [1.54, 1.807) is 0 Å². The summed E-state index contributed by atoms with van der Waals surface area (Å²) in [7, 11) is -4.94. The SMILES string of the molecule is CC(C)(C)[Si](OCCC(N)[C@H]1CCC[C@H]1O)(c1ccccc1)c1ccccc1.CC(C)(C)[Si](OCCC1=NO[C@@H]2CCC[C@H]12)(c1ccccc1)c1ccccc1. The van der Waals surface area contributed by atoms with Crippen molar-refractivity contribution in [2.24, 2.45) is 22.7 Å². The highest BCUT2D eigenvalue weighted by Crippen LogP contribution is 2.39. The fourth-order valence-corrected chi connectivity index (χ4v) is 18.9. The topological polar surface area (TPSA) is 86.3 Å². The van der Waals surface area contributed by atoms with Crippen LogP contribution in [0, 0.1) is 11.8 Å². The van der Waals surface area contributed by atoms with Crippen molar-refractivity contribution in [3.05, 3.63) is 121 Å². The molecule has 0 bridgehead atoms. The number of benzene rings is 4. The lowest BCUT2D eigenvalue weighted by Gasteiger charge is -2.43. The second-order valence-corrected chi connectivity index (χ2v) is 26.8. The molecule has 4 aromatic carbocycles. The largest absolute Gasteiger partial charge is 0.407 e. The summed E-state index contributed by atoms with van der Waals surface area (Å²) < 4.78 is 13.9. The van der Waals surface area contributed by atoms with E-state index in [1.807, 2.05) is 0 Å². The molecule has 300 valence electrons. The van der Waals surface area contributed by atoms with Gasteiger partial charge >= 0.3 is 0 Å². The van der Waals surface area contributed by atoms with Crippen LogP contribution in [0.4, 0.5) is 0 Å². The molecule has 2 fully saturated rings. The van der Waals surface area contributed by atoms with Crippen molar-refractivity contribution in [1.29, 1.82) is 0 Å². The molecular formula is C48H66N2O4Si2. The molecule has 3 N–H and O–H groups in total. The van der Waals surface area contributed by atoms with E-state index >= 15 is 0 Å². The first-order valence-corrected chi connectivity index (χ1v) is 24.9. The summed E-state index contributed by atoms with van der Waals surface area (Å²) in [5, 5.41) is 19.8. The lowest BCUT2D eigenvalue weighted by atomic mass is 9.95. The number of aliphatic hydroxyl groups is 1. The molecule has 0 amide bonds. The molecule has 0 spiro atoms. The van der Waals surface area contributed by atoms with Crippen LogP contribution in [-0.4, -0.2) is 58.9 Å². The summed E-state index contributed by atoms with van der Waals surface area (Å²) in [6.07, 6.45) is 8.33. The van der Waals surface area contributed by atoms with Gasteiger partial charge < -0.3 is 24.5 Å². The maximum Gasteiger partial charge on any atom is 0.261 e. The van der Waals surface area contributed by atoms with Gasteiger partial charge in [-0.3, -0.25) is 0 Å². The van der Waals surface area contributed by atoms with E-state index in [9.17, 15) is 5.11 Å². The highest BCUT2D eigenvalue weighted by atomic mass is 28.4. The van der Waals surface area contributed by atoms with Gasteiger partial charge in [-0.2, -0.15) is 0 Å². The average molecular weight is 791 g/mol. The molecule has 0 aromatic heterocycles. The molecule has 2 aliphatic carbocycles. The summed E-state index contributed by atoms with van der Waals surface area (Å²) in [6, 6.07) is 43.1. The van der Waals surface area contributed by atoms with Gasteiger partial charge in [0.05, 0.1) is 11.8 Å². The Morgan fingerprint density at radius 2 is 1.07 bits per heavy atom. The number of oxime groups is 1. The molecule has 1 aliphatic heterocycles. The zero-order valence-electron chi connectivity index (χ0n) is 34.7. The molecule has 3 aliphatic rings. The molecule has 1 heterocycles. The van der Waals surface area contributed by atoms with E-state index in [4.69, 9.17) is 19.4 Å². The molecule has 8 heteroatoms. The van der Waals surface area contributed by atoms with Gasteiger partial charge in [0.25, 0.3) is 16.6 Å². The van der Waals surface area contributed by atoms with E-state index in [-0.39, 0.29) is 28.1 Å². The second kappa shape index (κ2) is 18.5. The summed E-state index contributed by atoms with van der Waals surface area (Å²) in [6.45, 7) is 15.2. The maximum absolute atomic E-state index is 10.2. The van der Waals surface area contributed by atoms with Gasteiger partial charge in [0.1, 0.15) is 6.10 Å². The highest BCUT2D eigenvalue weighted by Gasteiger charge is 2.51. The van der Waals surface area contributed by atoms with Crippen molar-refractivity contribution in [3.8, 4) is 0 Å². The average Bonchev–Trinajstić information content (AvgIpc) is 3.95. The van der Waals surface area contributed by atoms with Crippen molar-refractivity contribution in [2.75, 3.05) is 13.2 Å². The summed E-state index contributed by atoms with van der Waals surface area (Å²) in [5.74, 6) is 0.727. The number of nitrogens with two attached hydrogens (primary N) is 1. The summed E-state index contributed by atoms with van der Waals surface area (Å²) in [4.78, 5) is 5.65. The Morgan fingerprint density at radius 1 is 0.643 bits per heavy atom. The van der Waals surface area contributed by atoms with E-state index in [0.717, 1.165) is 38.5 Å². The molecule has 0 radical (unpaired) electrons. The standard InChI is InChI=1S/C24H31NO2Si.C24H35NO2Si/c1-24(2,3)28(19-11-6-4-7-12-19,20-13-8-5-9-14-20)26-18-17-22-21-15-10-16-23(21)27-25-22;1-24(2,3)28(19-11-6-4-7-12-19,20-13-8-5-9-14-20)27-18-17-22(25)21-15-10-16-23(21)26/h4-9,11-14,21,23H,10,15-18H2,1-3H3;4-9,11-14,21-23,26H,10,15-18,25H2,1-3H3/t21-,23-;21-,22?,23-/m11/s1. The Hall–Kier alpha value is -3.38. The van der Waals surface area contributed by atoms with Crippen molar-refractivity contribution in [2.45, 2.75) is 121 Å². The third-order valence-corrected chi connectivity index (χ3v) is 22.6. The number of rotatable bonds is 13. The minimum absolute atomic E-state index is 0.00397. The maximum atomic E-state index is 10.2. The monoisotopic (exact) mass is 790 g/mol. The predicted octanol–water partition coefficient (Wildman–Crippen LogP) is 7.95. The Labute approximate surface area is 339 Å². The molecule has 56 heavy (non-hydrogen) atoms. The Balaban J connectivity index is 0.000000190. The molecular weight excluding hydrogens is 725 g/mol. The third kappa shape index (κ3) is 9.01. The van der Waals surface area contributed by atoms with Gasteiger partial charge in [0, 0.05) is 37.5 Å². The predicted molar refractivity (Wildman–Crippen MR) is 237 cm³/mol.